The van der Waals surface area contributed by atoms with Crippen LogP contribution in [0.5, 0.6) is 0 Å². The molecule has 0 spiro atoms. The second-order valence-electron chi connectivity index (χ2n) is 32.6. The molecule has 0 aromatic heterocycles. The summed E-state index contributed by atoms with van der Waals surface area (Å²) in [6.45, 7) is 9.24. The Kier molecular flexibility index (Phi) is 75.1. The summed E-state index contributed by atoms with van der Waals surface area (Å²) in [6, 6.07) is 17.9. The maximum absolute atomic E-state index is 5.38. The molecule has 0 heterocycles. The van der Waals surface area contributed by atoms with Crippen LogP contribution in [-0.2, 0) is 0 Å². The molecule has 0 N–H and O–H groups in total. The van der Waals surface area contributed by atoms with Crippen molar-refractivity contribution in [2.45, 2.75) is 516 Å². The number of allylic oxidation sites excluding steroid dienone is 4. The summed E-state index contributed by atoms with van der Waals surface area (Å²) < 4.78 is 0. The number of benzene rings is 2. The van der Waals surface area contributed by atoms with Crippen molar-refractivity contribution in [3.8, 4) is 0 Å². The van der Waals surface area contributed by atoms with E-state index in [1.165, 1.54) is 473 Å². The standard InChI is InChI=1S/C100H178N2/c1-5-9-13-16-19-22-25-28-31-34-37-40-43-45-47-49-51-53-56-59-62-65-68-71-74-77-80-83-95-87-91-97(92-88-95)101-99(85-12-8-4)100(86-82-79-76-73-70-67-64-61-58-55-42-39-36-33-30-27-24-21-18-15-11-7-3)102-98-93-89-96(90-94-98)84-81-78-75-72-69-66-63-60-57-54-52-50-48-46-44-41-38-35-32-29-26-23-20-17-14-10-6-2/h80-84,86-94H,5-79,85H2,1-4H3. The topological polar surface area (TPSA) is 24.7 Å². The first-order chi connectivity index (χ1) is 50.7. The van der Waals surface area contributed by atoms with Crippen LogP contribution in [-0.4, -0.2) is 11.4 Å². The lowest BCUT2D eigenvalue weighted by Gasteiger charge is -2.09. The second-order valence-corrected chi connectivity index (χ2v) is 32.6. The highest BCUT2D eigenvalue weighted by atomic mass is 14.8. The number of rotatable bonds is 82. The summed E-state index contributed by atoms with van der Waals surface area (Å²) in [7, 11) is 0. The molecule has 0 bridgehead atoms. The third-order valence-corrected chi connectivity index (χ3v) is 22.4. The Morgan fingerprint density at radius 2 is 0.392 bits per heavy atom. The van der Waals surface area contributed by atoms with Gasteiger partial charge < -0.3 is 0 Å². The van der Waals surface area contributed by atoms with Crippen LogP contribution < -0.4 is 0 Å². The van der Waals surface area contributed by atoms with Crippen molar-refractivity contribution in [3.63, 3.8) is 0 Å². The molecule has 0 saturated carbocycles. The molecule has 102 heavy (non-hydrogen) atoms. The van der Waals surface area contributed by atoms with Crippen LogP contribution >= 0.6 is 0 Å². The van der Waals surface area contributed by atoms with Crippen LogP contribution in [0.15, 0.2) is 82.8 Å². The summed E-state index contributed by atoms with van der Waals surface area (Å²) in [6.07, 6.45) is 121. The molecular weight excluding hydrogens is 1230 g/mol. The van der Waals surface area contributed by atoms with Gasteiger partial charge in [-0.2, -0.15) is 0 Å². The highest BCUT2D eigenvalue weighted by Crippen LogP contribution is 2.24. The number of hydrogen-bond donors (Lipinski definition) is 0. The fourth-order valence-electron chi connectivity index (χ4n) is 15.4. The summed E-state index contributed by atoms with van der Waals surface area (Å²) in [5.74, 6) is 0. The molecule has 2 aromatic carbocycles. The van der Waals surface area contributed by atoms with E-state index in [1.54, 1.807) is 0 Å². The van der Waals surface area contributed by atoms with E-state index in [4.69, 9.17) is 9.98 Å². The SMILES string of the molecule is CCCCCCCCCCCCCCCCCCCCCCC=CC(=Nc1ccc(C=CCCCCCCCCCCCCCCCCCCCCCCCCCCC)cc1)C(CCCC)=Nc1ccc(C=CCCCCCCCCCCCCCCCCCCCCCCCCCCC)cc1. The highest BCUT2D eigenvalue weighted by molar-refractivity contribution is 6.47. The molecule has 0 unspecified atom stereocenters. The molecule has 2 rings (SSSR count). The molecule has 588 valence electrons. The van der Waals surface area contributed by atoms with Crippen LogP contribution in [0.1, 0.15) is 527 Å². The van der Waals surface area contributed by atoms with Gasteiger partial charge in [0.2, 0.25) is 0 Å². The molecule has 0 aliphatic heterocycles. The van der Waals surface area contributed by atoms with Gasteiger partial charge in [-0.15, -0.1) is 0 Å². The zero-order valence-corrected chi connectivity index (χ0v) is 69.7. The lowest BCUT2D eigenvalue weighted by atomic mass is 10.0. The first-order valence-corrected chi connectivity index (χ1v) is 47.1. The molecule has 0 radical (unpaired) electrons. The van der Waals surface area contributed by atoms with Crippen LogP contribution in [0, 0.1) is 0 Å². The Balaban J connectivity index is 1.74. The number of hydrogen-bond acceptors (Lipinski definition) is 2. The predicted molar refractivity (Wildman–Crippen MR) is 468 cm³/mol. The fraction of sp³-hybridized carbons (Fsp3) is 0.800. The monoisotopic (exact) mass is 1410 g/mol. The minimum Gasteiger partial charge on any atom is -0.251 e. The van der Waals surface area contributed by atoms with E-state index in [0.717, 1.165) is 48.5 Å². The molecule has 0 amide bonds. The quantitative estimate of drug-likeness (QED) is 0.0466. The van der Waals surface area contributed by atoms with E-state index < -0.39 is 0 Å². The van der Waals surface area contributed by atoms with E-state index in [1.807, 2.05) is 0 Å². The summed E-state index contributed by atoms with van der Waals surface area (Å²) in [5.41, 5.74) is 6.71. The lowest BCUT2D eigenvalue weighted by molar-refractivity contribution is 0.516. The van der Waals surface area contributed by atoms with Crippen molar-refractivity contribution in [2.24, 2.45) is 9.98 Å². The molecule has 0 aliphatic carbocycles. The maximum Gasteiger partial charge on any atom is 0.0848 e. The molecule has 0 fully saturated rings. The van der Waals surface area contributed by atoms with E-state index >= 15 is 0 Å². The average molecular weight is 1410 g/mol. The van der Waals surface area contributed by atoms with Crippen molar-refractivity contribution in [3.05, 3.63) is 84.0 Å². The van der Waals surface area contributed by atoms with E-state index in [0.29, 0.717) is 0 Å². The number of unbranched alkanes of at least 4 members (excludes halogenated alkanes) is 71. The van der Waals surface area contributed by atoms with Gasteiger partial charge in [-0.25, -0.2) is 4.99 Å². The molecule has 2 heteroatoms. The molecule has 0 atom stereocenters. The largest absolute Gasteiger partial charge is 0.251 e. The zero-order chi connectivity index (χ0) is 72.5. The molecule has 0 saturated heterocycles. The summed E-state index contributed by atoms with van der Waals surface area (Å²) in [5, 5.41) is 0. The van der Waals surface area contributed by atoms with Gasteiger partial charge in [0.05, 0.1) is 22.8 Å². The third kappa shape index (κ3) is 67.6. The van der Waals surface area contributed by atoms with Crippen LogP contribution in [0.25, 0.3) is 12.2 Å². The maximum atomic E-state index is 5.38. The third-order valence-electron chi connectivity index (χ3n) is 22.4. The van der Waals surface area contributed by atoms with Crippen molar-refractivity contribution in [1.29, 1.82) is 0 Å². The Morgan fingerprint density at radius 3 is 0.608 bits per heavy atom. The van der Waals surface area contributed by atoms with Gasteiger partial charge in [-0.05, 0) is 92.8 Å². The minimum absolute atomic E-state index is 0.931. The highest BCUT2D eigenvalue weighted by Gasteiger charge is 2.10. The van der Waals surface area contributed by atoms with E-state index in [9.17, 15) is 0 Å². The van der Waals surface area contributed by atoms with Gasteiger partial charge in [0.1, 0.15) is 0 Å². The van der Waals surface area contributed by atoms with Crippen LogP contribution in [0.3, 0.4) is 0 Å². The molecule has 2 nitrogen and oxygen atoms in total. The predicted octanol–water partition coefficient (Wildman–Crippen LogP) is 36.8. The second kappa shape index (κ2) is 80.5. The average Bonchev–Trinajstić information content (AvgIpc) is 0.872. The fourth-order valence-corrected chi connectivity index (χ4v) is 15.4. The Labute approximate surface area is 640 Å². The van der Waals surface area contributed by atoms with Gasteiger partial charge in [0.25, 0.3) is 0 Å². The van der Waals surface area contributed by atoms with Crippen molar-refractivity contribution < 1.29 is 0 Å². The van der Waals surface area contributed by atoms with Gasteiger partial charge in [-0.1, -0.05) is 519 Å². The van der Waals surface area contributed by atoms with Gasteiger partial charge in [0, 0.05) is 0 Å². The van der Waals surface area contributed by atoms with Crippen LogP contribution in [0.4, 0.5) is 11.4 Å². The summed E-state index contributed by atoms with van der Waals surface area (Å²) in [4.78, 5) is 10.8. The van der Waals surface area contributed by atoms with Crippen molar-refractivity contribution >= 4 is 35.0 Å². The normalized spacial score (nSPS) is 12.4. The Hall–Kier alpha value is -3.00. The lowest BCUT2D eigenvalue weighted by Crippen LogP contribution is -2.11. The van der Waals surface area contributed by atoms with Gasteiger partial charge in [-0.3, -0.25) is 4.99 Å². The number of nitrogens with zero attached hydrogens (tertiary/aromatic N) is 2. The van der Waals surface area contributed by atoms with Crippen molar-refractivity contribution in [2.75, 3.05) is 0 Å². The van der Waals surface area contributed by atoms with Gasteiger partial charge >= 0.3 is 0 Å². The molecular formula is C100H178N2. The van der Waals surface area contributed by atoms with Gasteiger partial charge in [0.15, 0.2) is 0 Å². The first kappa shape index (κ1) is 95.1. The van der Waals surface area contributed by atoms with E-state index in [2.05, 4.69) is 113 Å². The van der Waals surface area contributed by atoms with Crippen LogP contribution in [0.2, 0.25) is 0 Å². The smallest absolute Gasteiger partial charge is 0.0848 e. The summed E-state index contributed by atoms with van der Waals surface area (Å²) >= 11 is 0. The molecule has 2 aromatic rings. The Bertz CT molecular complexity index is 2100. The van der Waals surface area contributed by atoms with Crippen molar-refractivity contribution in [1.82, 2.24) is 0 Å². The van der Waals surface area contributed by atoms with E-state index in [-0.39, 0.29) is 0 Å². The minimum atomic E-state index is 0.931. The first-order valence-electron chi connectivity index (χ1n) is 47.1. The Morgan fingerprint density at radius 1 is 0.206 bits per heavy atom. The number of aliphatic imine (C=N–C) groups is 2. The molecule has 0 aliphatic rings. The zero-order valence-electron chi connectivity index (χ0n) is 69.7.